The maximum absolute atomic E-state index is 16.3. The van der Waals surface area contributed by atoms with E-state index >= 15 is 17.6 Å². The van der Waals surface area contributed by atoms with Crippen LogP contribution in [0.4, 0.5) is 17.6 Å². The number of hydrogen-bond acceptors (Lipinski definition) is 32. The van der Waals surface area contributed by atoms with Crippen molar-refractivity contribution >= 4 is 122 Å². The fourth-order valence-electron chi connectivity index (χ4n) is 11.0. The third kappa shape index (κ3) is 15.6. The second-order valence-electron chi connectivity index (χ2n) is 21.7. The van der Waals surface area contributed by atoms with Gasteiger partial charge in [0.2, 0.25) is 35.3 Å². The molecule has 99 heavy (non-hydrogen) atoms. The van der Waals surface area contributed by atoms with Crippen molar-refractivity contribution in [3.8, 4) is 23.5 Å². The second kappa shape index (κ2) is 32.5. The number of aliphatic hydroxyl groups is 1. The number of fused-ring (bicyclic) bond motifs is 6. The Morgan fingerprint density at radius 2 is 1.01 bits per heavy atom. The zero-order valence-electron chi connectivity index (χ0n) is 51.9. The molecule has 8 aromatic rings. The van der Waals surface area contributed by atoms with E-state index in [4.69, 9.17) is 105 Å². The first-order valence-corrected chi connectivity index (χ1v) is 38.6. The molecule has 5 saturated heterocycles. The molecule has 0 spiro atoms. The molecule has 33 nitrogen and oxygen atoms in total. The molecule has 5 aliphatic heterocycles. The number of nitrogens with zero attached hydrogens (tertiary/aromatic N) is 16. The monoisotopic (exact) mass is 1530 g/mol. The molecular weight excluding hydrogens is 1470 g/mol. The van der Waals surface area contributed by atoms with Crippen molar-refractivity contribution in [1.82, 2.24) is 78.1 Å². The number of alkyl halides is 4. The van der Waals surface area contributed by atoms with Gasteiger partial charge in [0.25, 0.3) is 0 Å². The Kier molecular flexibility index (Phi) is 24.3. The van der Waals surface area contributed by atoms with Crippen LogP contribution in [0.3, 0.4) is 0 Å². The Hall–Kier alpha value is -6.13. The van der Waals surface area contributed by atoms with Crippen molar-refractivity contribution in [2.24, 2.45) is 0 Å². The first-order chi connectivity index (χ1) is 47.4. The molecule has 13 rings (SSSR count). The van der Waals surface area contributed by atoms with E-state index in [2.05, 4.69) is 86.1 Å². The Balaban J connectivity index is 0.000000198. The number of aromatic nitrogens is 16. The molecular formula is C54H62F4N16O17P4S4+2. The molecule has 0 amide bonds. The average molecular weight is 1540 g/mol. The maximum Gasteiger partial charge on any atom is 0.522 e. The van der Waals surface area contributed by atoms with Crippen LogP contribution >= 0.6 is 42.3 Å². The van der Waals surface area contributed by atoms with Crippen LogP contribution in [0.2, 0.25) is 0 Å². The second-order valence-corrected chi connectivity index (χ2v) is 31.9. The molecule has 45 heteroatoms. The molecule has 8 aromatic heterocycles. The van der Waals surface area contributed by atoms with Gasteiger partial charge in [0.1, 0.15) is 95.0 Å². The molecule has 5 fully saturated rings. The Labute approximate surface area is 583 Å². The van der Waals surface area contributed by atoms with Gasteiger partial charge in [0.05, 0.1) is 45.1 Å². The number of hydrogen-bond donors (Lipinski definition) is 1. The summed E-state index contributed by atoms with van der Waals surface area (Å²) in [5, 5.41) is 10.1. The van der Waals surface area contributed by atoms with Gasteiger partial charge in [-0.2, -0.15) is 33.4 Å². The predicted molar refractivity (Wildman–Crippen MR) is 358 cm³/mol. The van der Waals surface area contributed by atoms with E-state index in [1.54, 1.807) is 12.2 Å². The topological polar surface area (TPSA) is 350 Å². The minimum Gasteiger partial charge on any atom is -0.472 e. The molecule has 4 unspecified atom stereocenters. The third-order valence-electron chi connectivity index (χ3n) is 15.3. The SMILES string of the molecule is C=CCOc1ncnc2c1ncn2[C@@H]1O[C@@H]2COP(C)(=S)O[C@H]3[C@@H](F)[C@H](n4cnc5c(OCC=C)ncnc54)O[C@@H]3CO[P+](=S)O[C@H]2[C@H]1F.C=CCOc1ncnc2c1ncn2[C@@H]1O[C@H](COP(C)(=S)O[C@H]2[C@@H](F)[C@H](n3cnc4c(OCC=C)ncnc43)O[C@@H]2CO)[C@@H](O[PH+]=O)[C@H]1F.S. The van der Waals surface area contributed by atoms with Crippen LogP contribution in [0.25, 0.3) is 44.7 Å². The third-order valence-corrected chi connectivity index (χ3v) is 20.7. The van der Waals surface area contributed by atoms with Gasteiger partial charge < -0.3 is 61.1 Å². The lowest BCUT2D eigenvalue weighted by Gasteiger charge is -2.27. The summed E-state index contributed by atoms with van der Waals surface area (Å²) in [6.45, 7) is 10.1. The summed E-state index contributed by atoms with van der Waals surface area (Å²) in [4.78, 5) is 50.3. The molecule has 5 aliphatic rings. The van der Waals surface area contributed by atoms with Gasteiger partial charge in [-0.1, -0.05) is 50.6 Å². The highest BCUT2D eigenvalue weighted by Gasteiger charge is 2.56. The van der Waals surface area contributed by atoms with Crippen LogP contribution in [-0.4, -0.2) is 223 Å². The van der Waals surface area contributed by atoms with Crippen LogP contribution < -0.4 is 18.9 Å². The number of rotatable bonds is 24. The molecule has 530 valence electrons. The van der Waals surface area contributed by atoms with Crippen LogP contribution in [0.1, 0.15) is 24.9 Å². The van der Waals surface area contributed by atoms with Gasteiger partial charge in [-0.3, -0.25) is 18.3 Å². The number of imidazole rings is 4. The number of ether oxygens (including phenoxy) is 8. The van der Waals surface area contributed by atoms with Gasteiger partial charge >= 0.3 is 15.8 Å². The maximum atomic E-state index is 16.3. The van der Waals surface area contributed by atoms with Crippen molar-refractivity contribution in [2.45, 2.75) is 98.4 Å². The summed E-state index contributed by atoms with van der Waals surface area (Å²) in [5.41, 5.74) is 2.11. The van der Waals surface area contributed by atoms with Crippen LogP contribution in [-0.2, 0) is 90.6 Å². The lowest BCUT2D eigenvalue weighted by Crippen LogP contribution is -2.36. The van der Waals surface area contributed by atoms with Gasteiger partial charge in [0.15, 0.2) is 119 Å². The van der Waals surface area contributed by atoms with E-state index < -0.39 is 134 Å². The van der Waals surface area contributed by atoms with E-state index in [9.17, 15) is 9.67 Å². The molecule has 1 N–H and O–H groups in total. The van der Waals surface area contributed by atoms with E-state index in [-0.39, 0.29) is 117 Å². The van der Waals surface area contributed by atoms with Crippen molar-refractivity contribution in [3.63, 3.8) is 0 Å². The van der Waals surface area contributed by atoms with E-state index in [1.807, 2.05) is 0 Å². The highest BCUT2D eigenvalue weighted by molar-refractivity contribution is 8.09. The zero-order valence-corrected chi connectivity index (χ0v) is 59.0. The summed E-state index contributed by atoms with van der Waals surface area (Å²) in [6, 6.07) is 0. The van der Waals surface area contributed by atoms with E-state index in [0.717, 1.165) is 0 Å². The Morgan fingerprint density at radius 1 is 0.616 bits per heavy atom. The van der Waals surface area contributed by atoms with Gasteiger partial charge in [-0.15, -0.1) is 13.6 Å². The Morgan fingerprint density at radius 3 is 1.42 bits per heavy atom. The largest absolute Gasteiger partial charge is 0.522 e. The fraction of sp³-hybridized carbons (Fsp3) is 0.481. The fourth-order valence-corrected chi connectivity index (χ4v) is 16.0. The van der Waals surface area contributed by atoms with Crippen molar-refractivity contribution in [2.75, 3.05) is 66.2 Å². The summed E-state index contributed by atoms with van der Waals surface area (Å²) in [7, 11) is -3.45. The van der Waals surface area contributed by atoms with Crippen molar-refractivity contribution < 1.29 is 96.8 Å². The predicted octanol–water partition coefficient (Wildman–Crippen LogP) is 6.83. The van der Waals surface area contributed by atoms with Crippen LogP contribution in [0.15, 0.2) is 101 Å². The summed E-state index contributed by atoms with van der Waals surface area (Å²) >= 11 is 16.7. The van der Waals surface area contributed by atoms with Crippen LogP contribution in [0, 0.1) is 0 Å². The minimum absolute atomic E-state index is 0. The lowest BCUT2D eigenvalue weighted by molar-refractivity contribution is -0.0503. The molecule has 0 aromatic carbocycles. The van der Waals surface area contributed by atoms with Gasteiger partial charge in [-0.25, -0.2) is 57.4 Å². The molecule has 0 bridgehead atoms. The number of aliphatic hydroxyl groups excluding tert-OH is 1. The first-order valence-electron chi connectivity index (χ1n) is 29.4. The minimum atomic E-state index is -3.33. The first kappa shape index (κ1) is 74.1. The molecule has 13 heterocycles. The number of halogens is 4. The van der Waals surface area contributed by atoms with Crippen molar-refractivity contribution in [1.29, 1.82) is 0 Å². The highest BCUT2D eigenvalue weighted by atomic mass is 32.5. The molecule has 0 aliphatic carbocycles. The standard InChI is InChI=1S/C27H31F2N8O9P2S.C27H29F2N8O8P2S2.H2S/c1-4-6-40-24-18-22(30-10-32-24)36(12-34-18)26-16(28)20(45-47-39)15(44-26)9-42-48(3,49)46-21-14(8-38)43-27(17(21)29)37-13-35-19-23(37)31-11-33-25(19)41-7-5-2;1-4-6-38-24-18-22(30-10-32-24)36(12-34-18)26-16(28)20-15(43-26)9-41-47(3,49)45-21-14(8-40-46(48)44-20)42-27(17(21)29)37-13-35-19-23(37)31-11-33-25(19)39-7-5-2;/h4-5,10-17,20-21,26-27,38,47H,1-2,6-9H2,3H3;4-5,10-17,20-21,26-27H,1-2,6-9H2,3H3;1H2/q2*+1;/t14-,15-,16-,17-,20-,21-,26-,27-,48?;14-,15-,16-,17-,20-,21-,26-,27-,47?;/m11./s1. The zero-order chi connectivity index (χ0) is 69.0. The molecule has 0 radical (unpaired) electrons. The molecule has 20 atom stereocenters. The molecule has 0 saturated carbocycles. The van der Waals surface area contributed by atoms with E-state index in [0.29, 0.717) is 11.0 Å². The van der Waals surface area contributed by atoms with Crippen LogP contribution in [0.5, 0.6) is 23.5 Å². The summed E-state index contributed by atoms with van der Waals surface area (Å²) in [5.74, 6) is 0.737. The Bertz CT molecular complexity index is 4340. The normalized spacial score (nSPS) is 30.3. The van der Waals surface area contributed by atoms with E-state index in [1.165, 1.54) is 94.4 Å². The van der Waals surface area contributed by atoms with Gasteiger partial charge in [0, 0.05) is 13.3 Å². The highest BCUT2D eigenvalue weighted by Crippen LogP contribution is 2.54. The van der Waals surface area contributed by atoms with Crippen molar-refractivity contribution in [3.05, 3.63) is 101 Å². The lowest BCUT2D eigenvalue weighted by atomic mass is 10.1. The summed E-state index contributed by atoms with van der Waals surface area (Å²) in [6.07, 6.45) is -5.22. The average Bonchev–Trinajstić information content (AvgIpc) is 1.63. The summed E-state index contributed by atoms with van der Waals surface area (Å²) < 4.78 is 168. The smallest absolute Gasteiger partial charge is 0.472 e. The van der Waals surface area contributed by atoms with Gasteiger partial charge in [-0.05, 0) is 28.2 Å². The quantitative estimate of drug-likeness (QED) is 0.0367.